The van der Waals surface area contributed by atoms with Crippen molar-refractivity contribution in [3.63, 3.8) is 0 Å². The highest BCUT2D eigenvalue weighted by Gasteiger charge is 2.54. The van der Waals surface area contributed by atoms with E-state index in [1.807, 2.05) is 4.90 Å². The number of fused-ring (bicyclic) bond motifs is 6. The van der Waals surface area contributed by atoms with Gasteiger partial charge in [-0.2, -0.15) is 0 Å². The van der Waals surface area contributed by atoms with Gasteiger partial charge in [0.05, 0.1) is 12.1 Å². The standard InChI is InChI=1S/C16H13NO/c1-10(18)17-15-13-8-4-2-6-11(13)12-7-3-5-9-14(12)16(15)17/h2-9,15-16H,1H3. The predicted octanol–water partition coefficient (Wildman–Crippen LogP) is 3.31. The van der Waals surface area contributed by atoms with Crippen molar-refractivity contribution >= 4 is 5.91 Å². The summed E-state index contributed by atoms with van der Waals surface area (Å²) in [6.45, 7) is 1.66. The van der Waals surface area contributed by atoms with Gasteiger partial charge in [0.2, 0.25) is 5.91 Å². The van der Waals surface area contributed by atoms with Crippen LogP contribution in [0.4, 0.5) is 0 Å². The van der Waals surface area contributed by atoms with Crippen molar-refractivity contribution in [3.05, 3.63) is 59.7 Å². The Labute approximate surface area is 106 Å². The van der Waals surface area contributed by atoms with Crippen LogP contribution in [0.1, 0.15) is 30.1 Å². The molecule has 0 saturated carbocycles. The summed E-state index contributed by atoms with van der Waals surface area (Å²) in [7, 11) is 0. The first-order valence-corrected chi connectivity index (χ1v) is 6.26. The molecule has 0 N–H and O–H groups in total. The topological polar surface area (TPSA) is 20.1 Å². The predicted molar refractivity (Wildman–Crippen MR) is 69.9 cm³/mol. The number of nitrogens with zero attached hydrogens (tertiary/aromatic N) is 1. The van der Waals surface area contributed by atoms with E-state index in [1.165, 1.54) is 22.3 Å². The van der Waals surface area contributed by atoms with Crippen LogP contribution in [0.15, 0.2) is 48.5 Å². The lowest BCUT2D eigenvalue weighted by molar-refractivity contribution is -0.124. The molecule has 2 heteroatoms. The molecular formula is C16H13NO. The second-order valence-corrected chi connectivity index (χ2v) is 4.99. The van der Waals surface area contributed by atoms with E-state index in [0.29, 0.717) is 0 Å². The summed E-state index contributed by atoms with van der Waals surface area (Å²) < 4.78 is 0. The van der Waals surface area contributed by atoms with Gasteiger partial charge in [0.25, 0.3) is 0 Å². The summed E-state index contributed by atoms with van der Waals surface area (Å²) in [6, 6.07) is 17.4. The molecule has 1 amide bonds. The first-order chi connectivity index (χ1) is 8.79. The van der Waals surface area contributed by atoms with Crippen molar-refractivity contribution < 1.29 is 4.79 Å². The molecular weight excluding hydrogens is 222 g/mol. The smallest absolute Gasteiger partial charge is 0.220 e. The first kappa shape index (κ1) is 9.89. The SMILES string of the molecule is CC(=O)N1C2c3ccccc3-c3ccccc3C21. The van der Waals surface area contributed by atoms with Gasteiger partial charge >= 0.3 is 0 Å². The molecule has 2 nitrogen and oxygen atoms in total. The molecule has 0 spiro atoms. The van der Waals surface area contributed by atoms with Crippen LogP contribution in [0.5, 0.6) is 0 Å². The summed E-state index contributed by atoms with van der Waals surface area (Å²) in [6.07, 6.45) is 0. The van der Waals surface area contributed by atoms with Crippen molar-refractivity contribution in [1.29, 1.82) is 0 Å². The van der Waals surface area contributed by atoms with E-state index < -0.39 is 0 Å². The average molecular weight is 235 g/mol. The number of carbonyl (C=O) groups is 1. The third kappa shape index (κ3) is 1.10. The summed E-state index contributed by atoms with van der Waals surface area (Å²) in [5, 5.41) is 0. The molecule has 2 unspecified atom stereocenters. The number of rotatable bonds is 0. The average Bonchev–Trinajstić information content (AvgIpc) is 3.15. The van der Waals surface area contributed by atoms with Crippen LogP contribution in [-0.4, -0.2) is 10.8 Å². The van der Waals surface area contributed by atoms with Gasteiger partial charge in [-0.15, -0.1) is 0 Å². The van der Waals surface area contributed by atoms with Gasteiger partial charge in [0.1, 0.15) is 0 Å². The third-order valence-electron chi connectivity index (χ3n) is 4.02. The Morgan fingerprint density at radius 3 is 1.78 bits per heavy atom. The molecule has 1 fully saturated rings. The Morgan fingerprint density at radius 2 is 1.33 bits per heavy atom. The van der Waals surface area contributed by atoms with Crippen molar-refractivity contribution in [3.8, 4) is 11.1 Å². The van der Waals surface area contributed by atoms with Crippen LogP contribution >= 0.6 is 0 Å². The quantitative estimate of drug-likeness (QED) is 0.641. The van der Waals surface area contributed by atoms with Gasteiger partial charge in [-0.05, 0) is 22.3 Å². The molecule has 1 saturated heterocycles. The van der Waals surface area contributed by atoms with Crippen molar-refractivity contribution in [2.45, 2.75) is 19.0 Å². The monoisotopic (exact) mass is 235 g/mol. The van der Waals surface area contributed by atoms with Crippen molar-refractivity contribution in [2.75, 3.05) is 0 Å². The number of hydrogen-bond acceptors (Lipinski definition) is 1. The molecule has 1 heterocycles. The largest absolute Gasteiger partial charge is 0.324 e. The molecule has 1 aliphatic heterocycles. The fourth-order valence-corrected chi connectivity index (χ4v) is 3.26. The van der Waals surface area contributed by atoms with Crippen molar-refractivity contribution in [2.24, 2.45) is 0 Å². The minimum absolute atomic E-state index is 0.163. The zero-order valence-electron chi connectivity index (χ0n) is 10.1. The van der Waals surface area contributed by atoms with E-state index in [4.69, 9.17) is 0 Å². The molecule has 88 valence electrons. The molecule has 2 aromatic carbocycles. The maximum atomic E-state index is 11.7. The maximum absolute atomic E-state index is 11.7. The molecule has 4 rings (SSSR count). The Kier molecular flexibility index (Phi) is 1.77. The Morgan fingerprint density at radius 1 is 0.889 bits per heavy atom. The van der Waals surface area contributed by atoms with Crippen LogP contribution in [0.2, 0.25) is 0 Å². The number of benzene rings is 2. The number of hydrogen-bond donors (Lipinski definition) is 0. The fourth-order valence-electron chi connectivity index (χ4n) is 3.26. The molecule has 1 aliphatic carbocycles. The molecule has 2 aromatic rings. The van der Waals surface area contributed by atoms with E-state index in [2.05, 4.69) is 48.5 Å². The summed E-state index contributed by atoms with van der Waals surface area (Å²) >= 11 is 0. The second kappa shape index (κ2) is 3.22. The van der Waals surface area contributed by atoms with Crippen molar-refractivity contribution in [1.82, 2.24) is 4.90 Å². The van der Waals surface area contributed by atoms with E-state index in [-0.39, 0.29) is 18.0 Å². The summed E-state index contributed by atoms with van der Waals surface area (Å²) in [5.74, 6) is 0.163. The Hall–Kier alpha value is -2.09. The molecule has 2 atom stereocenters. The Bertz CT molecular complexity index is 610. The van der Waals surface area contributed by atoms with E-state index >= 15 is 0 Å². The van der Waals surface area contributed by atoms with Crippen LogP contribution in [0.3, 0.4) is 0 Å². The Balaban J connectivity index is 2.00. The maximum Gasteiger partial charge on any atom is 0.220 e. The van der Waals surface area contributed by atoms with Gasteiger partial charge in [-0.3, -0.25) is 4.79 Å². The van der Waals surface area contributed by atoms with Gasteiger partial charge < -0.3 is 4.90 Å². The van der Waals surface area contributed by atoms with E-state index in [9.17, 15) is 4.79 Å². The van der Waals surface area contributed by atoms with Gasteiger partial charge in [0.15, 0.2) is 0 Å². The highest BCUT2D eigenvalue weighted by Crippen LogP contribution is 2.61. The molecule has 0 aromatic heterocycles. The molecule has 2 aliphatic rings. The number of carbonyl (C=O) groups excluding carboxylic acids is 1. The van der Waals surface area contributed by atoms with Crippen LogP contribution < -0.4 is 0 Å². The lowest BCUT2D eigenvalue weighted by atomic mass is 9.86. The molecule has 0 bridgehead atoms. The minimum atomic E-state index is 0.163. The highest BCUT2D eigenvalue weighted by atomic mass is 16.2. The third-order valence-corrected chi connectivity index (χ3v) is 4.02. The van der Waals surface area contributed by atoms with Gasteiger partial charge in [0, 0.05) is 6.92 Å². The fraction of sp³-hybridized carbons (Fsp3) is 0.188. The van der Waals surface area contributed by atoms with Crippen LogP contribution in [0, 0.1) is 0 Å². The van der Waals surface area contributed by atoms with Crippen LogP contribution in [0.25, 0.3) is 11.1 Å². The minimum Gasteiger partial charge on any atom is -0.324 e. The molecule has 0 radical (unpaired) electrons. The van der Waals surface area contributed by atoms with E-state index in [1.54, 1.807) is 6.92 Å². The normalized spacial score (nSPS) is 22.8. The van der Waals surface area contributed by atoms with Gasteiger partial charge in [-0.1, -0.05) is 48.5 Å². The molecule has 18 heavy (non-hydrogen) atoms. The zero-order valence-corrected chi connectivity index (χ0v) is 10.1. The summed E-state index contributed by atoms with van der Waals surface area (Å²) in [5.41, 5.74) is 5.13. The van der Waals surface area contributed by atoms with Crippen LogP contribution in [-0.2, 0) is 4.79 Å². The number of amides is 1. The van der Waals surface area contributed by atoms with E-state index in [0.717, 1.165) is 0 Å². The highest BCUT2D eigenvalue weighted by molar-refractivity contribution is 5.84. The first-order valence-electron chi connectivity index (χ1n) is 6.26. The summed E-state index contributed by atoms with van der Waals surface area (Å²) in [4.78, 5) is 13.7. The second-order valence-electron chi connectivity index (χ2n) is 4.99. The van der Waals surface area contributed by atoms with Gasteiger partial charge in [-0.25, -0.2) is 0 Å². The lowest BCUT2D eigenvalue weighted by Gasteiger charge is -2.16. The lowest BCUT2D eigenvalue weighted by Crippen LogP contribution is -2.05. The zero-order chi connectivity index (χ0) is 12.3.